The van der Waals surface area contributed by atoms with E-state index in [1.807, 2.05) is 31.2 Å². The van der Waals surface area contributed by atoms with Gasteiger partial charge in [0.2, 0.25) is 0 Å². The summed E-state index contributed by atoms with van der Waals surface area (Å²) >= 11 is 6.12. The highest BCUT2D eigenvalue weighted by Crippen LogP contribution is 2.26. The van der Waals surface area contributed by atoms with E-state index in [1.165, 1.54) is 12.1 Å². The summed E-state index contributed by atoms with van der Waals surface area (Å²) < 4.78 is 1.80. The van der Waals surface area contributed by atoms with Crippen molar-refractivity contribution in [2.45, 2.75) is 6.92 Å². The average Bonchev–Trinajstić information content (AvgIpc) is 2.76. The lowest BCUT2D eigenvalue weighted by Crippen LogP contribution is -1.98. The molecule has 0 unspecified atom stereocenters. The minimum Gasteiger partial charge on any atom is -0.478 e. The zero-order valence-corrected chi connectivity index (χ0v) is 11.4. The van der Waals surface area contributed by atoms with Gasteiger partial charge in [-0.05, 0) is 25.1 Å². The van der Waals surface area contributed by atoms with Crippen LogP contribution in [0.4, 0.5) is 0 Å². The number of nitrogens with zero attached hydrogens (tertiary/aromatic N) is 2. The number of aryl methyl sites for hydroxylation is 1. The first-order valence-corrected chi connectivity index (χ1v) is 6.42. The van der Waals surface area contributed by atoms with E-state index in [-0.39, 0.29) is 5.56 Å². The first-order chi connectivity index (χ1) is 9.56. The van der Waals surface area contributed by atoms with Gasteiger partial charge in [0.05, 0.1) is 11.1 Å². The molecule has 0 atom stereocenters. The molecule has 5 heteroatoms. The van der Waals surface area contributed by atoms with Crippen molar-refractivity contribution >= 4 is 23.1 Å². The third-order valence-electron chi connectivity index (χ3n) is 3.12. The number of carboxylic acid groups (broad SMARTS) is 1. The molecule has 0 radical (unpaired) electrons. The van der Waals surface area contributed by atoms with Crippen LogP contribution >= 0.6 is 11.6 Å². The number of aromatic nitrogens is 2. The minimum atomic E-state index is -0.984. The maximum atomic E-state index is 11.0. The number of fused-ring (bicyclic) bond motifs is 1. The van der Waals surface area contributed by atoms with E-state index >= 15 is 0 Å². The second-order valence-electron chi connectivity index (χ2n) is 4.57. The lowest BCUT2D eigenvalue weighted by atomic mass is 10.1. The van der Waals surface area contributed by atoms with Crippen LogP contribution in [0.2, 0.25) is 5.15 Å². The zero-order chi connectivity index (χ0) is 14.3. The normalized spacial score (nSPS) is 10.9. The van der Waals surface area contributed by atoms with Crippen molar-refractivity contribution in [2.75, 3.05) is 0 Å². The number of carboxylic acids is 1. The molecule has 1 N–H and O–H groups in total. The summed E-state index contributed by atoms with van der Waals surface area (Å²) in [6.07, 6.45) is 1.68. The molecule has 100 valence electrons. The maximum Gasteiger partial charge on any atom is 0.335 e. The summed E-state index contributed by atoms with van der Waals surface area (Å²) in [5.74, 6) is -0.285. The molecule has 0 aliphatic rings. The van der Waals surface area contributed by atoms with E-state index in [0.29, 0.717) is 16.5 Å². The first kappa shape index (κ1) is 12.7. The third-order valence-corrected chi connectivity index (χ3v) is 3.40. The van der Waals surface area contributed by atoms with Crippen molar-refractivity contribution in [3.8, 4) is 11.4 Å². The number of halogens is 1. The largest absolute Gasteiger partial charge is 0.478 e. The van der Waals surface area contributed by atoms with E-state index in [0.717, 1.165) is 11.1 Å². The number of aromatic carboxylic acids is 1. The zero-order valence-electron chi connectivity index (χ0n) is 10.7. The van der Waals surface area contributed by atoms with Gasteiger partial charge in [-0.25, -0.2) is 9.78 Å². The summed E-state index contributed by atoms with van der Waals surface area (Å²) in [5.41, 5.74) is 2.84. The van der Waals surface area contributed by atoms with Crippen LogP contribution in [0, 0.1) is 6.92 Å². The summed E-state index contributed by atoms with van der Waals surface area (Å²) in [7, 11) is 0. The van der Waals surface area contributed by atoms with Crippen LogP contribution in [0.1, 0.15) is 15.9 Å². The highest BCUT2D eigenvalue weighted by Gasteiger charge is 2.13. The second-order valence-corrected chi connectivity index (χ2v) is 4.93. The summed E-state index contributed by atoms with van der Waals surface area (Å²) in [4.78, 5) is 15.3. The fourth-order valence-corrected chi connectivity index (χ4v) is 2.39. The fourth-order valence-electron chi connectivity index (χ4n) is 2.17. The molecule has 0 saturated heterocycles. The Labute approximate surface area is 120 Å². The summed E-state index contributed by atoms with van der Waals surface area (Å²) in [6, 6.07) is 11.0. The van der Waals surface area contributed by atoms with Gasteiger partial charge < -0.3 is 5.11 Å². The highest BCUT2D eigenvalue weighted by atomic mass is 35.5. The molecule has 2 heterocycles. The van der Waals surface area contributed by atoms with Crippen LogP contribution in [-0.2, 0) is 0 Å². The lowest BCUT2D eigenvalue weighted by molar-refractivity contribution is 0.0697. The van der Waals surface area contributed by atoms with E-state index in [1.54, 1.807) is 10.6 Å². The molecule has 0 amide bonds. The molecule has 1 aromatic carbocycles. The van der Waals surface area contributed by atoms with Gasteiger partial charge in [0.15, 0.2) is 5.15 Å². The van der Waals surface area contributed by atoms with Crippen LogP contribution in [0.25, 0.3) is 16.9 Å². The SMILES string of the molecule is Cc1cccc(-c2nc(Cl)c3cc(C(=O)O)ccn23)c1. The third kappa shape index (κ3) is 2.04. The van der Waals surface area contributed by atoms with Crippen LogP contribution in [-0.4, -0.2) is 20.5 Å². The Morgan fingerprint density at radius 3 is 2.80 bits per heavy atom. The summed E-state index contributed by atoms with van der Waals surface area (Å²) in [6.45, 7) is 2.00. The minimum absolute atomic E-state index is 0.190. The molecule has 2 aromatic heterocycles. The Morgan fingerprint density at radius 1 is 1.30 bits per heavy atom. The smallest absolute Gasteiger partial charge is 0.335 e. The van der Waals surface area contributed by atoms with Gasteiger partial charge in [-0.2, -0.15) is 0 Å². The molecule has 3 rings (SSSR count). The highest BCUT2D eigenvalue weighted by molar-refractivity contribution is 6.33. The van der Waals surface area contributed by atoms with Gasteiger partial charge in [0.1, 0.15) is 5.82 Å². The average molecular weight is 287 g/mol. The van der Waals surface area contributed by atoms with Crippen molar-refractivity contribution in [3.63, 3.8) is 0 Å². The molecule has 0 bridgehead atoms. The van der Waals surface area contributed by atoms with Crippen molar-refractivity contribution in [1.29, 1.82) is 0 Å². The molecule has 0 fully saturated rings. The Kier molecular flexibility index (Phi) is 2.95. The van der Waals surface area contributed by atoms with Crippen LogP contribution < -0.4 is 0 Å². The molecular weight excluding hydrogens is 276 g/mol. The number of pyridine rings is 1. The molecule has 4 nitrogen and oxygen atoms in total. The van der Waals surface area contributed by atoms with E-state index in [2.05, 4.69) is 4.98 Å². The number of rotatable bonds is 2. The Hall–Kier alpha value is -2.33. The van der Waals surface area contributed by atoms with Gasteiger partial charge in [-0.1, -0.05) is 35.4 Å². The standard InChI is InChI=1S/C15H11ClN2O2/c1-9-3-2-4-10(7-9)14-17-13(16)12-8-11(15(19)20)5-6-18(12)14/h2-8H,1H3,(H,19,20). The van der Waals surface area contributed by atoms with E-state index in [9.17, 15) is 4.79 Å². The number of benzene rings is 1. The molecule has 0 aliphatic heterocycles. The predicted octanol–water partition coefficient (Wildman–Crippen LogP) is 3.66. The number of carbonyl (C=O) groups is 1. The first-order valence-electron chi connectivity index (χ1n) is 6.04. The van der Waals surface area contributed by atoms with Gasteiger partial charge >= 0.3 is 5.97 Å². The van der Waals surface area contributed by atoms with Crippen molar-refractivity contribution < 1.29 is 9.90 Å². The lowest BCUT2D eigenvalue weighted by Gasteiger charge is -2.03. The Morgan fingerprint density at radius 2 is 2.10 bits per heavy atom. The fraction of sp³-hybridized carbons (Fsp3) is 0.0667. The monoisotopic (exact) mass is 286 g/mol. The molecule has 0 aliphatic carbocycles. The van der Waals surface area contributed by atoms with Crippen molar-refractivity contribution in [3.05, 3.63) is 58.9 Å². The predicted molar refractivity (Wildman–Crippen MR) is 77.3 cm³/mol. The number of hydrogen-bond acceptors (Lipinski definition) is 2. The van der Waals surface area contributed by atoms with Gasteiger partial charge in [0, 0.05) is 11.8 Å². The number of imidazole rings is 1. The Bertz CT molecular complexity index is 824. The van der Waals surface area contributed by atoms with Gasteiger partial charge in [-0.15, -0.1) is 0 Å². The quantitative estimate of drug-likeness (QED) is 0.782. The van der Waals surface area contributed by atoms with Gasteiger partial charge in [0.25, 0.3) is 0 Å². The van der Waals surface area contributed by atoms with Crippen molar-refractivity contribution in [1.82, 2.24) is 9.38 Å². The van der Waals surface area contributed by atoms with Crippen LogP contribution in [0.15, 0.2) is 42.6 Å². The van der Waals surface area contributed by atoms with Crippen LogP contribution in [0.5, 0.6) is 0 Å². The number of hydrogen-bond donors (Lipinski definition) is 1. The summed E-state index contributed by atoms with van der Waals surface area (Å²) in [5, 5.41) is 9.32. The van der Waals surface area contributed by atoms with E-state index in [4.69, 9.17) is 16.7 Å². The molecule has 0 spiro atoms. The Balaban J connectivity index is 2.25. The molecule has 20 heavy (non-hydrogen) atoms. The van der Waals surface area contributed by atoms with Gasteiger partial charge in [-0.3, -0.25) is 4.40 Å². The van der Waals surface area contributed by atoms with E-state index < -0.39 is 5.97 Å². The topological polar surface area (TPSA) is 54.6 Å². The second kappa shape index (κ2) is 4.65. The van der Waals surface area contributed by atoms with Crippen LogP contribution in [0.3, 0.4) is 0 Å². The molecule has 3 aromatic rings. The molecular formula is C15H11ClN2O2. The molecule has 0 saturated carbocycles. The maximum absolute atomic E-state index is 11.0. The van der Waals surface area contributed by atoms with Crippen molar-refractivity contribution in [2.24, 2.45) is 0 Å².